The van der Waals surface area contributed by atoms with Gasteiger partial charge >= 0.3 is 6.09 Å². The first-order valence-electron chi connectivity index (χ1n) is 7.10. The van der Waals surface area contributed by atoms with Crippen molar-refractivity contribution < 1.29 is 22.1 Å². The lowest BCUT2D eigenvalue weighted by Crippen LogP contribution is -2.64. The van der Waals surface area contributed by atoms with Gasteiger partial charge in [-0.25, -0.2) is 4.79 Å². The third kappa shape index (κ3) is 3.87. The molecule has 0 aromatic heterocycles. The second kappa shape index (κ2) is 5.40. The van der Waals surface area contributed by atoms with Gasteiger partial charge in [-0.1, -0.05) is 0 Å². The Balaban J connectivity index is 2.18. The van der Waals surface area contributed by atoms with Gasteiger partial charge in [-0.3, -0.25) is 9.08 Å². The molecule has 2 aliphatic rings. The Bertz CT molecular complexity index is 509. The van der Waals surface area contributed by atoms with Gasteiger partial charge in [0.2, 0.25) is 0 Å². The minimum atomic E-state index is -3.54. The van der Waals surface area contributed by atoms with Crippen LogP contribution < -0.4 is 5.32 Å². The maximum atomic E-state index is 12.5. The largest absolute Gasteiger partial charge is 0.444 e. The normalized spacial score (nSPS) is 29.5. The molecule has 21 heavy (non-hydrogen) atoms. The van der Waals surface area contributed by atoms with Crippen molar-refractivity contribution in [3.05, 3.63) is 0 Å². The minimum absolute atomic E-state index is 0.0248. The van der Waals surface area contributed by atoms with E-state index in [1.807, 2.05) is 20.8 Å². The summed E-state index contributed by atoms with van der Waals surface area (Å²) >= 11 is 0. The number of fused-ring (bicyclic) bond motifs is 2. The fraction of sp³-hybridized carbons (Fsp3) is 0.923. The van der Waals surface area contributed by atoms with Gasteiger partial charge in [-0.15, -0.1) is 0 Å². The molecular formula is C13H24N2O5S. The number of carbonyl (C=O) groups is 1. The standard InChI is InChI=1S/C13H24N2O5S/c1-12(2,3)20-11(16)15-10-5-6-13(15,8-14-7-10)9-19-21(4,17)18/h10,14H,5-9H2,1-4H3. The number of carbonyl (C=O) groups excluding carboxylic acids is 1. The van der Waals surface area contributed by atoms with E-state index >= 15 is 0 Å². The summed E-state index contributed by atoms with van der Waals surface area (Å²) in [4.78, 5) is 14.2. The Hall–Kier alpha value is -0.860. The molecule has 0 saturated carbocycles. The summed E-state index contributed by atoms with van der Waals surface area (Å²) in [5, 5.41) is 3.25. The fourth-order valence-corrected chi connectivity index (χ4v) is 3.41. The number of hydrogen-bond donors (Lipinski definition) is 1. The first kappa shape index (κ1) is 16.5. The molecule has 0 aromatic rings. The molecule has 0 spiro atoms. The Labute approximate surface area is 126 Å². The number of hydrogen-bond acceptors (Lipinski definition) is 6. The van der Waals surface area contributed by atoms with E-state index in [-0.39, 0.29) is 12.6 Å². The molecule has 2 atom stereocenters. The minimum Gasteiger partial charge on any atom is -0.444 e. The summed E-state index contributed by atoms with van der Waals surface area (Å²) in [5.74, 6) is 0. The maximum Gasteiger partial charge on any atom is 0.411 e. The van der Waals surface area contributed by atoms with Crippen molar-refractivity contribution >= 4 is 16.2 Å². The Morgan fingerprint density at radius 2 is 2.10 bits per heavy atom. The maximum absolute atomic E-state index is 12.5. The molecule has 2 bridgehead atoms. The molecule has 2 unspecified atom stereocenters. The second-order valence-corrected chi connectivity index (χ2v) is 8.51. The number of rotatable bonds is 3. The molecule has 7 nitrogen and oxygen atoms in total. The zero-order valence-corrected chi connectivity index (χ0v) is 13.8. The summed E-state index contributed by atoms with van der Waals surface area (Å²) in [6, 6.07) is 0.0248. The highest BCUT2D eigenvalue weighted by atomic mass is 32.2. The van der Waals surface area contributed by atoms with Crippen LogP contribution in [0.4, 0.5) is 4.79 Å². The Kier molecular flexibility index (Phi) is 4.25. The molecule has 8 heteroatoms. The highest BCUT2D eigenvalue weighted by molar-refractivity contribution is 7.85. The van der Waals surface area contributed by atoms with Crippen LogP contribution in [0.15, 0.2) is 0 Å². The third-order valence-electron chi connectivity index (χ3n) is 3.78. The highest BCUT2D eigenvalue weighted by Crippen LogP contribution is 2.38. The molecule has 2 rings (SSSR count). The van der Waals surface area contributed by atoms with E-state index in [0.29, 0.717) is 19.5 Å². The number of ether oxygens (including phenoxy) is 1. The first-order chi connectivity index (χ1) is 9.53. The Morgan fingerprint density at radius 3 is 2.67 bits per heavy atom. The van der Waals surface area contributed by atoms with Crippen molar-refractivity contribution in [2.45, 2.75) is 50.8 Å². The van der Waals surface area contributed by atoms with Gasteiger partial charge in [0.1, 0.15) is 5.60 Å². The summed E-state index contributed by atoms with van der Waals surface area (Å²) < 4.78 is 33.0. The van der Waals surface area contributed by atoms with Crippen molar-refractivity contribution in [2.75, 3.05) is 26.0 Å². The lowest BCUT2D eigenvalue weighted by molar-refractivity contribution is -0.0206. The quantitative estimate of drug-likeness (QED) is 0.771. The van der Waals surface area contributed by atoms with Gasteiger partial charge in [-0.2, -0.15) is 8.42 Å². The Morgan fingerprint density at radius 1 is 1.43 bits per heavy atom. The summed E-state index contributed by atoms with van der Waals surface area (Å²) in [5.41, 5.74) is -1.23. The topological polar surface area (TPSA) is 84.9 Å². The molecule has 122 valence electrons. The van der Waals surface area contributed by atoms with Gasteiger partial charge < -0.3 is 10.1 Å². The molecule has 1 N–H and O–H groups in total. The molecule has 1 amide bonds. The van der Waals surface area contributed by atoms with Crippen molar-refractivity contribution in [3.8, 4) is 0 Å². The van der Waals surface area contributed by atoms with Crippen LogP contribution in [-0.4, -0.2) is 62.5 Å². The molecule has 0 radical (unpaired) electrons. The van der Waals surface area contributed by atoms with Crippen molar-refractivity contribution in [1.29, 1.82) is 0 Å². The number of piperazine rings is 1. The van der Waals surface area contributed by atoms with E-state index in [2.05, 4.69) is 5.32 Å². The summed E-state index contributed by atoms with van der Waals surface area (Å²) in [7, 11) is -3.54. The lowest BCUT2D eigenvalue weighted by Gasteiger charge is -2.44. The molecule has 0 aromatic carbocycles. The SMILES string of the molecule is CC(C)(C)OC(=O)N1C2CCC1(COS(C)(=O)=O)CNC2. The number of amides is 1. The van der Waals surface area contributed by atoms with Crippen LogP contribution in [0.5, 0.6) is 0 Å². The van der Waals surface area contributed by atoms with E-state index in [1.54, 1.807) is 4.90 Å². The van der Waals surface area contributed by atoms with Gasteiger partial charge in [0.05, 0.1) is 18.4 Å². The van der Waals surface area contributed by atoms with Crippen LogP contribution in [0.3, 0.4) is 0 Å². The average molecular weight is 320 g/mol. The van der Waals surface area contributed by atoms with E-state index < -0.39 is 27.4 Å². The average Bonchev–Trinajstić information content (AvgIpc) is 2.52. The van der Waals surface area contributed by atoms with E-state index in [0.717, 1.165) is 12.7 Å². The monoisotopic (exact) mass is 320 g/mol. The first-order valence-corrected chi connectivity index (χ1v) is 8.92. The predicted molar refractivity (Wildman–Crippen MR) is 77.5 cm³/mol. The smallest absolute Gasteiger partial charge is 0.411 e. The van der Waals surface area contributed by atoms with Gasteiger partial charge in [-0.05, 0) is 33.6 Å². The van der Waals surface area contributed by atoms with Crippen molar-refractivity contribution in [2.24, 2.45) is 0 Å². The third-order valence-corrected chi connectivity index (χ3v) is 4.33. The molecule has 2 saturated heterocycles. The molecule has 2 fully saturated rings. The van der Waals surface area contributed by atoms with E-state index in [4.69, 9.17) is 8.92 Å². The van der Waals surface area contributed by atoms with Crippen LogP contribution in [0.1, 0.15) is 33.6 Å². The van der Waals surface area contributed by atoms with Crippen LogP contribution in [0.25, 0.3) is 0 Å². The van der Waals surface area contributed by atoms with Crippen LogP contribution in [0, 0.1) is 0 Å². The van der Waals surface area contributed by atoms with E-state index in [9.17, 15) is 13.2 Å². The second-order valence-electron chi connectivity index (χ2n) is 6.86. The summed E-state index contributed by atoms with van der Waals surface area (Å²) in [6.45, 7) is 6.62. The van der Waals surface area contributed by atoms with Crippen LogP contribution in [0.2, 0.25) is 0 Å². The zero-order valence-electron chi connectivity index (χ0n) is 13.0. The molecular weight excluding hydrogens is 296 g/mol. The number of nitrogens with one attached hydrogen (secondary N) is 1. The van der Waals surface area contributed by atoms with Gasteiger partial charge in [0.25, 0.3) is 10.1 Å². The van der Waals surface area contributed by atoms with Crippen LogP contribution >= 0.6 is 0 Å². The van der Waals surface area contributed by atoms with Crippen LogP contribution in [-0.2, 0) is 19.0 Å². The van der Waals surface area contributed by atoms with Crippen molar-refractivity contribution in [1.82, 2.24) is 10.2 Å². The molecule has 0 aliphatic carbocycles. The summed E-state index contributed by atoms with van der Waals surface area (Å²) in [6.07, 6.45) is 2.15. The van der Waals surface area contributed by atoms with E-state index in [1.165, 1.54) is 0 Å². The number of nitrogens with zero attached hydrogens (tertiary/aromatic N) is 1. The molecule has 2 aliphatic heterocycles. The lowest BCUT2D eigenvalue weighted by atomic mass is 9.97. The van der Waals surface area contributed by atoms with Gasteiger partial charge in [0, 0.05) is 19.1 Å². The fourth-order valence-electron chi connectivity index (χ4n) is 2.97. The van der Waals surface area contributed by atoms with Gasteiger partial charge in [0.15, 0.2) is 0 Å². The highest BCUT2D eigenvalue weighted by Gasteiger charge is 2.53. The molecule has 2 heterocycles. The van der Waals surface area contributed by atoms with Crippen molar-refractivity contribution in [3.63, 3.8) is 0 Å². The predicted octanol–water partition coefficient (Wildman–Crippen LogP) is 0.704. The zero-order chi connectivity index (χ0) is 15.9.